The number of halogens is 2. The van der Waals surface area contributed by atoms with Gasteiger partial charge in [-0.1, -0.05) is 30.3 Å². The number of phenols is 1. The second kappa shape index (κ2) is 10.3. The van der Waals surface area contributed by atoms with Crippen LogP contribution in [0.3, 0.4) is 0 Å². The average molecular weight is 456 g/mol. The first-order chi connectivity index (χ1) is 15.9. The molecule has 1 heterocycles. The fraction of sp³-hybridized carbons (Fsp3) is 0.308. The van der Waals surface area contributed by atoms with Crippen molar-refractivity contribution in [2.45, 2.75) is 37.1 Å². The van der Waals surface area contributed by atoms with Crippen molar-refractivity contribution in [2.75, 3.05) is 13.7 Å². The van der Waals surface area contributed by atoms with Gasteiger partial charge in [-0.15, -0.1) is 0 Å². The van der Waals surface area contributed by atoms with Gasteiger partial charge in [-0.05, 0) is 53.1 Å². The van der Waals surface area contributed by atoms with Gasteiger partial charge in [0.2, 0.25) is 0 Å². The van der Waals surface area contributed by atoms with E-state index in [2.05, 4.69) is 5.32 Å². The van der Waals surface area contributed by atoms with Gasteiger partial charge in [-0.25, -0.2) is 8.78 Å². The fourth-order valence-electron chi connectivity index (χ4n) is 4.29. The minimum Gasteiger partial charge on any atom is -0.504 e. The van der Waals surface area contributed by atoms with E-state index < -0.39 is 6.10 Å². The van der Waals surface area contributed by atoms with Crippen molar-refractivity contribution in [1.29, 1.82) is 0 Å². The molecule has 3 aromatic carbocycles. The topological polar surface area (TPSA) is 71.0 Å². The first kappa shape index (κ1) is 23.2. The largest absolute Gasteiger partial charge is 0.504 e. The summed E-state index contributed by atoms with van der Waals surface area (Å²) in [5.41, 5.74) is 2.51. The summed E-state index contributed by atoms with van der Waals surface area (Å²) in [5.74, 6) is -0.501. The van der Waals surface area contributed by atoms with Crippen LogP contribution in [0.5, 0.6) is 11.5 Å². The van der Waals surface area contributed by atoms with E-state index in [1.807, 2.05) is 6.07 Å². The first-order valence-corrected chi connectivity index (χ1v) is 10.8. The Labute approximate surface area is 191 Å². The summed E-state index contributed by atoms with van der Waals surface area (Å²) in [6.45, 7) is 0.708. The molecule has 0 aromatic heterocycles. The Hall–Kier alpha value is -3.00. The molecule has 7 heteroatoms. The molecule has 0 spiro atoms. The van der Waals surface area contributed by atoms with Crippen molar-refractivity contribution in [3.63, 3.8) is 0 Å². The van der Waals surface area contributed by atoms with E-state index in [1.54, 1.807) is 36.4 Å². The van der Waals surface area contributed by atoms with E-state index in [0.29, 0.717) is 18.7 Å². The van der Waals surface area contributed by atoms with Gasteiger partial charge in [0.15, 0.2) is 11.5 Å². The number of ether oxygens (including phenoxy) is 2. The third-order valence-corrected chi connectivity index (χ3v) is 6.07. The number of nitrogens with one attached hydrogen (secondary N) is 1. The zero-order valence-electron chi connectivity index (χ0n) is 18.2. The number of aliphatic hydroxyl groups excluding tert-OH is 1. The molecule has 1 fully saturated rings. The molecule has 0 amide bonds. The predicted molar refractivity (Wildman–Crippen MR) is 120 cm³/mol. The molecule has 1 saturated heterocycles. The Morgan fingerprint density at radius 1 is 1.00 bits per heavy atom. The summed E-state index contributed by atoms with van der Waals surface area (Å²) in [6, 6.07) is 17.2. The van der Waals surface area contributed by atoms with Gasteiger partial charge in [0.1, 0.15) is 11.6 Å². The highest BCUT2D eigenvalue weighted by molar-refractivity contribution is 5.41. The van der Waals surface area contributed by atoms with Gasteiger partial charge >= 0.3 is 0 Å². The zero-order valence-corrected chi connectivity index (χ0v) is 18.2. The number of aromatic hydroxyl groups is 1. The normalized spacial score (nSPS) is 20.7. The van der Waals surface area contributed by atoms with Crippen LogP contribution in [0.1, 0.15) is 29.0 Å². The van der Waals surface area contributed by atoms with E-state index in [1.165, 1.54) is 31.4 Å². The van der Waals surface area contributed by atoms with Crippen LogP contribution >= 0.6 is 0 Å². The Kier molecular flexibility index (Phi) is 7.23. The Morgan fingerprint density at radius 2 is 1.61 bits per heavy atom. The second-order valence-electron chi connectivity index (χ2n) is 8.25. The summed E-state index contributed by atoms with van der Waals surface area (Å²) in [5, 5.41) is 24.1. The summed E-state index contributed by atoms with van der Waals surface area (Å²) in [6.07, 6.45) is -0.691. The van der Waals surface area contributed by atoms with Crippen LogP contribution in [-0.2, 0) is 11.3 Å². The van der Waals surface area contributed by atoms with Crippen molar-refractivity contribution in [2.24, 2.45) is 0 Å². The average Bonchev–Trinajstić information content (AvgIpc) is 2.81. The maximum Gasteiger partial charge on any atom is 0.160 e. The Morgan fingerprint density at radius 3 is 2.12 bits per heavy atom. The highest BCUT2D eigenvalue weighted by Crippen LogP contribution is 2.35. The van der Waals surface area contributed by atoms with Crippen molar-refractivity contribution >= 4 is 0 Å². The third kappa shape index (κ3) is 5.50. The summed E-state index contributed by atoms with van der Waals surface area (Å²) >= 11 is 0. The second-order valence-corrected chi connectivity index (χ2v) is 8.25. The van der Waals surface area contributed by atoms with Crippen LogP contribution in [0.2, 0.25) is 0 Å². The van der Waals surface area contributed by atoms with Gasteiger partial charge in [-0.2, -0.15) is 0 Å². The zero-order chi connectivity index (χ0) is 23.4. The fourth-order valence-corrected chi connectivity index (χ4v) is 4.29. The molecule has 3 aromatic rings. The molecule has 0 bridgehead atoms. The minimum atomic E-state index is -0.681. The minimum absolute atomic E-state index is 0.0544. The molecule has 0 unspecified atom stereocenters. The molecule has 33 heavy (non-hydrogen) atoms. The standard InChI is InChI=1S/C26H27F2NO4/c1-32-24-11-2-16(12-23(24)31)14-29-21-15-33-25(13-22(21)30)26(17-3-7-19(27)8-4-17)18-5-9-20(28)10-6-18/h2-12,21-22,25-26,29-31H,13-15H2,1H3/t21-,22-,25+/m1/s1. The van der Waals surface area contributed by atoms with E-state index in [9.17, 15) is 19.0 Å². The Balaban J connectivity index is 1.46. The molecule has 3 N–H and O–H groups in total. The van der Waals surface area contributed by atoms with Crippen LogP contribution < -0.4 is 10.1 Å². The van der Waals surface area contributed by atoms with Gasteiger partial charge in [0.05, 0.1) is 32.0 Å². The molecule has 0 aliphatic carbocycles. The lowest BCUT2D eigenvalue weighted by Crippen LogP contribution is -2.50. The maximum atomic E-state index is 13.5. The van der Waals surface area contributed by atoms with E-state index in [4.69, 9.17) is 9.47 Å². The third-order valence-electron chi connectivity index (χ3n) is 6.07. The summed E-state index contributed by atoms with van der Waals surface area (Å²) < 4.78 is 38.2. The lowest BCUT2D eigenvalue weighted by molar-refractivity contribution is -0.0718. The number of benzene rings is 3. The van der Waals surface area contributed by atoms with E-state index >= 15 is 0 Å². The molecule has 0 saturated carbocycles. The van der Waals surface area contributed by atoms with Crippen LogP contribution in [0.25, 0.3) is 0 Å². The molecule has 1 aliphatic heterocycles. The van der Waals surface area contributed by atoms with Crippen molar-refractivity contribution in [3.8, 4) is 11.5 Å². The molecule has 174 valence electrons. The van der Waals surface area contributed by atoms with E-state index in [-0.39, 0.29) is 42.1 Å². The molecule has 5 nitrogen and oxygen atoms in total. The first-order valence-electron chi connectivity index (χ1n) is 10.8. The van der Waals surface area contributed by atoms with Crippen LogP contribution in [0.4, 0.5) is 8.78 Å². The quantitative estimate of drug-likeness (QED) is 0.500. The Bertz CT molecular complexity index is 1010. The number of rotatable bonds is 7. The SMILES string of the molecule is COc1ccc(CN[C@@H]2CO[C@H](C(c3ccc(F)cc3)c3ccc(F)cc3)C[C@H]2O)cc1O. The highest BCUT2D eigenvalue weighted by atomic mass is 19.1. The molecular weight excluding hydrogens is 428 g/mol. The van der Waals surface area contributed by atoms with Crippen molar-refractivity contribution in [3.05, 3.63) is 95.1 Å². The van der Waals surface area contributed by atoms with Gasteiger partial charge in [0.25, 0.3) is 0 Å². The smallest absolute Gasteiger partial charge is 0.160 e. The van der Waals surface area contributed by atoms with Crippen LogP contribution in [-0.4, -0.2) is 42.2 Å². The number of hydrogen-bond acceptors (Lipinski definition) is 5. The van der Waals surface area contributed by atoms with E-state index in [0.717, 1.165) is 16.7 Å². The number of hydrogen-bond donors (Lipinski definition) is 3. The number of methoxy groups -OCH3 is 1. The molecule has 3 atom stereocenters. The van der Waals surface area contributed by atoms with Gasteiger partial charge in [0, 0.05) is 18.9 Å². The maximum absolute atomic E-state index is 13.5. The van der Waals surface area contributed by atoms with Crippen LogP contribution in [0.15, 0.2) is 66.7 Å². The van der Waals surface area contributed by atoms with Crippen molar-refractivity contribution < 1.29 is 28.5 Å². The molecule has 0 radical (unpaired) electrons. The highest BCUT2D eigenvalue weighted by Gasteiger charge is 2.35. The van der Waals surface area contributed by atoms with Crippen molar-refractivity contribution in [1.82, 2.24) is 5.32 Å². The van der Waals surface area contributed by atoms with Crippen LogP contribution in [0, 0.1) is 11.6 Å². The summed E-state index contributed by atoms with van der Waals surface area (Å²) in [4.78, 5) is 0. The predicted octanol–water partition coefficient (Wildman–Crippen LogP) is 4.12. The molecular formula is C26H27F2NO4. The van der Waals surface area contributed by atoms with Gasteiger partial charge in [-0.3, -0.25) is 0 Å². The monoisotopic (exact) mass is 455 g/mol. The summed E-state index contributed by atoms with van der Waals surface area (Å²) in [7, 11) is 1.49. The number of aliphatic hydroxyl groups is 1. The van der Waals surface area contributed by atoms with Gasteiger partial charge < -0.3 is 25.0 Å². The lowest BCUT2D eigenvalue weighted by Gasteiger charge is -2.38. The number of phenolic OH excluding ortho intramolecular Hbond substituents is 1. The molecule has 1 aliphatic rings. The lowest BCUT2D eigenvalue weighted by atomic mass is 9.82. The molecule has 4 rings (SSSR count).